The van der Waals surface area contributed by atoms with Crippen molar-refractivity contribution in [3.8, 4) is 0 Å². The summed E-state index contributed by atoms with van der Waals surface area (Å²) in [5.74, 6) is 0. The predicted molar refractivity (Wildman–Crippen MR) is 72.5 cm³/mol. The Labute approximate surface area is 107 Å². The van der Waals surface area contributed by atoms with Crippen LogP contribution in [0.1, 0.15) is 24.2 Å². The van der Waals surface area contributed by atoms with Gasteiger partial charge in [0.15, 0.2) is 0 Å². The number of benzene rings is 1. The first-order valence-corrected chi connectivity index (χ1v) is 6.15. The minimum Gasteiger partial charge on any atom is -0.396 e. The second-order valence-corrected chi connectivity index (χ2v) is 4.42. The smallest absolute Gasteiger partial charge is 0.0653 e. The van der Waals surface area contributed by atoms with Crippen molar-refractivity contribution in [3.63, 3.8) is 0 Å². The minimum absolute atomic E-state index is 0.193. The quantitative estimate of drug-likeness (QED) is 0.848. The molecule has 0 saturated carbocycles. The third-order valence-electron chi connectivity index (χ3n) is 3.04. The van der Waals surface area contributed by atoms with Crippen LogP contribution < -0.4 is 5.32 Å². The van der Waals surface area contributed by atoms with Crippen molar-refractivity contribution in [2.24, 2.45) is 7.05 Å². The summed E-state index contributed by atoms with van der Waals surface area (Å²) in [7, 11) is 1.94. The molecule has 0 aliphatic carbocycles. The summed E-state index contributed by atoms with van der Waals surface area (Å²) in [5.41, 5.74) is 3.37. The molecule has 0 aliphatic rings. The third kappa shape index (κ3) is 2.90. The van der Waals surface area contributed by atoms with E-state index in [4.69, 9.17) is 5.11 Å². The highest BCUT2D eigenvalue weighted by Crippen LogP contribution is 2.18. The number of hydrogen-bond acceptors (Lipinski definition) is 3. The third-order valence-corrected chi connectivity index (χ3v) is 3.04. The van der Waals surface area contributed by atoms with Crippen molar-refractivity contribution in [1.29, 1.82) is 0 Å². The summed E-state index contributed by atoms with van der Waals surface area (Å²) in [4.78, 5) is 0. The van der Waals surface area contributed by atoms with Crippen molar-refractivity contribution in [2.45, 2.75) is 19.4 Å². The van der Waals surface area contributed by atoms with Gasteiger partial charge in [-0.2, -0.15) is 5.10 Å². The molecule has 0 radical (unpaired) electrons. The van der Waals surface area contributed by atoms with Crippen LogP contribution in [0, 0.1) is 0 Å². The van der Waals surface area contributed by atoms with E-state index in [0.717, 1.165) is 16.9 Å². The first-order valence-electron chi connectivity index (χ1n) is 6.15. The molecule has 0 saturated heterocycles. The van der Waals surface area contributed by atoms with Crippen molar-refractivity contribution in [2.75, 3.05) is 11.9 Å². The highest BCUT2D eigenvalue weighted by molar-refractivity contribution is 5.46. The SMILES string of the molecule is CC(Nc1ccc(CCO)cc1)c1ccnn1C. The Morgan fingerprint density at radius 2 is 2.00 bits per heavy atom. The molecule has 0 spiro atoms. The maximum absolute atomic E-state index is 8.86. The van der Waals surface area contributed by atoms with Gasteiger partial charge in [-0.3, -0.25) is 4.68 Å². The average molecular weight is 245 g/mol. The molecule has 2 rings (SSSR count). The molecule has 18 heavy (non-hydrogen) atoms. The zero-order valence-corrected chi connectivity index (χ0v) is 10.8. The van der Waals surface area contributed by atoms with Crippen molar-refractivity contribution < 1.29 is 5.11 Å². The summed E-state index contributed by atoms with van der Waals surface area (Å²) in [6.07, 6.45) is 2.51. The van der Waals surface area contributed by atoms with Crippen molar-refractivity contribution in [3.05, 3.63) is 47.8 Å². The van der Waals surface area contributed by atoms with Crippen LogP contribution in [0.4, 0.5) is 5.69 Å². The van der Waals surface area contributed by atoms with Gasteiger partial charge in [0.2, 0.25) is 0 Å². The highest BCUT2D eigenvalue weighted by atomic mass is 16.2. The molecule has 0 bridgehead atoms. The van der Waals surface area contributed by atoms with Gasteiger partial charge < -0.3 is 10.4 Å². The van der Waals surface area contributed by atoms with Gasteiger partial charge in [0.05, 0.1) is 11.7 Å². The molecule has 2 aromatic rings. The van der Waals surface area contributed by atoms with Crippen LogP contribution in [0.5, 0.6) is 0 Å². The van der Waals surface area contributed by atoms with Crippen molar-refractivity contribution >= 4 is 5.69 Å². The monoisotopic (exact) mass is 245 g/mol. The molecular formula is C14H19N3O. The van der Waals surface area contributed by atoms with Crippen LogP contribution in [0.25, 0.3) is 0 Å². The maximum atomic E-state index is 8.86. The topological polar surface area (TPSA) is 50.1 Å². The number of anilines is 1. The molecule has 0 aliphatic heterocycles. The Morgan fingerprint density at radius 3 is 2.56 bits per heavy atom. The van der Waals surface area contributed by atoms with Crippen LogP contribution >= 0.6 is 0 Å². The van der Waals surface area contributed by atoms with Gasteiger partial charge in [-0.15, -0.1) is 0 Å². The normalized spacial score (nSPS) is 12.4. The Bertz CT molecular complexity index is 490. The molecular weight excluding hydrogens is 226 g/mol. The first-order chi connectivity index (χ1) is 8.70. The molecule has 96 valence electrons. The van der Waals surface area contributed by atoms with Crippen LogP contribution in [0.3, 0.4) is 0 Å². The molecule has 1 unspecified atom stereocenters. The van der Waals surface area contributed by atoms with E-state index in [-0.39, 0.29) is 12.6 Å². The Hall–Kier alpha value is -1.81. The lowest BCUT2D eigenvalue weighted by atomic mass is 10.1. The summed E-state index contributed by atoms with van der Waals surface area (Å²) in [6, 6.07) is 10.4. The van der Waals surface area contributed by atoms with E-state index in [2.05, 4.69) is 17.3 Å². The number of nitrogens with one attached hydrogen (secondary N) is 1. The van der Waals surface area contributed by atoms with E-state index in [1.807, 2.05) is 42.1 Å². The molecule has 1 aromatic carbocycles. The standard InChI is InChI=1S/C14H19N3O/c1-11(14-7-9-15-17(14)2)16-13-5-3-12(4-6-13)8-10-18/h3-7,9,11,16,18H,8,10H2,1-2H3. The Morgan fingerprint density at radius 1 is 1.28 bits per heavy atom. The number of nitrogens with zero attached hydrogens (tertiary/aromatic N) is 2. The van der Waals surface area contributed by atoms with Gasteiger partial charge in [0, 0.05) is 25.5 Å². The Kier molecular flexibility index (Phi) is 3.99. The highest BCUT2D eigenvalue weighted by Gasteiger charge is 2.08. The number of aliphatic hydroxyl groups is 1. The van der Waals surface area contributed by atoms with Gasteiger partial charge in [0.1, 0.15) is 0 Å². The molecule has 1 atom stereocenters. The molecule has 2 N–H and O–H groups in total. The zero-order chi connectivity index (χ0) is 13.0. The Balaban J connectivity index is 2.03. The van der Waals surface area contributed by atoms with E-state index >= 15 is 0 Å². The van der Waals surface area contributed by atoms with E-state index in [1.54, 1.807) is 6.20 Å². The van der Waals surface area contributed by atoms with Gasteiger partial charge >= 0.3 is 0 Å². The minimum atomic E-state index is 0.193. The average Bonchev–Trinajstić information content (AvgIpc) is 2.78. The first kappa shape index (κ1) is 12.6. The van der Waals surface area contributed by atoms with Crippen LogP contribution in [0.2, 0.25) is 0 Å². The summed E-state index contributed by atoms with van der Waals surface area (Å²) >= 11 is 0. The number of aliphatic hydroxyl groups excluding tert-OH is 1. The van der Waals surface area contributed by atoms with E-state index in [1.165, 1.54) is 0 Å². The summed E-state index contributed by atoms with van der Waals surface area (Å²) < 4.78 is 1.87. The largest absolute Gasteiger partial charge is 0.396 e. The fourth-order valence-corrected chi connectivity index (χ4v) is 2.03. The lowest BCUT2D eigenvalue weighted by Crippen LogP contribution is -2.11. The van der Waals surface area contributed by atoms with Crippen LogP contribution in [-0.2, 0) is 13.5 Å². The fourth-order valence-electron chi connectivity index (χ4n) is 2.03. The van der Waals surface area contributed by atoms with Gasteiger partial charge in [-0.05, 0) is 37.1 Å². The lowest BCUT2D eigenvalue weighted by Gasteiger charge is -2.15. The molecule has 0 fully saturated rings. The van der Waals surface area contributed by atoms with E-state index in [0.29, 0.717) is 6.42 Å². The van der Waals surface area contributed by atoms with Gasteiger partial charge in [0.25, 0.3) is 0 Å². The maximum Gasteiger partial charge on any atom is 0.0653 e. The second-order valence-electron chi connectivity index (χ2n) is 4.42. The zero-order valence-electron chi connectivity index (χ0n) is 10.8. The lowest BCUT2D eigenvalue weighted by molar-refractivity contribution is 0.299. The summed E-state index contributed by atoms with van der Waals surface area (Å²) in [5, 5.41) is 16.5. The number of aromatic nitrogens is 2. The number of aryl methyl sites for hydroxylation is 1. The van der Waals surface area contributed by atoms with Crippen LogP contribution in [-0.4, -0.2) is 21.5 Å². The molecule has 0 amide bonds. The van der Waals surface area contributed by atoms with E-state index < -0.39 is 0 Å². The fraction of sp³-hybridized carbons (Fsp3) is 0.357. The molecule has 1 aromatic heterocycles. The van der Waals surface area contributed by atoms with Gasteiger partial charge in [-0.1, -0.05) is 12.1 Å². The van der Waals surface area contributed by atoms with Gasteiger partial charge in [-0.25, -0.2) is 0 Å². The predicted octanol–water partition coefficient (Wildman–Crippen LogP) is 2.13. The van der Waals surface area contributed by atoms with Crippen LogP contribution in [0.15, 0.2) is 36.5 Å². The number of hydrogen-bond donors (Lipinski definition) is 2. The number of rotatable bonds is 5. The van der Waals surface area contributed by atoms with E-state index in [9.17, 15) is 0 Å². The van der Waals surface area contributed by atoms with Crippen molar-refractivity contribution in [1.82, 2.24) is 9.78 Å². The molecule has 4 heteroatoms. The second kappa shape index (κ2) is 5.69. The molecule has 4 nitrogen and oxygen atoms in total. The molecule has 1 heterocycles. The summed E-state index contributed by atoms with van der Waals surface area (Å²) in [6.45, 7) is 2.30.